The molecule has 0 aromatic carbocycles. The highest BCUT2D eigenvalue weighted by atomic mass is 16.2. The predicted molar refractivity (Wildman–Crippen MR) is 64.7 cm³/mol. The number of hydrogen-bond donors (Lipinski definition) is 1. The molecule has 3 heteroatoms. The van der Waals surface area contributed by atoms with Crippen molar-refractivity contribution in [3.8, 4) is 11.1 Å². The first kappa shape index (κ1) is 11.1. The third kappa shape index (κ3) is 3.35. The van der Waals surface area contributed by atoms with Crippen molar-refractivity contribution in [1.82, 2.24) is 10.4 Å². The molecule has 0 aromatic rings. The van der Waals surface area contributed by atoms with Gasteiger partial charge in [-0.3, -0.25) is 10.2 Å². The van der Waals surface area contributed by atoms with E-state index in [0.29, 0.717) is 0 Å². The molecule has 0 unspecified atom stereocenters. The van der Waals surface area contributed by atoms with Gasteiger partial charge in [-0.15, -0.1) is 0 Å². The van der Waals surface area contributed by atoms with E-state index in [0.717, 1.165) is 13.1 Å². The average Bonchev–Trinajstić information content (AvgIpc) is 2.87. The highest BCUT2D eigenvalue weighted by molar-refractivity contribution is 5.80. The summed E-state index contributed by atoms with van der Waals surface area (Å²) in [5.74, 6) is 0.0434. The quantitative estimate of drug-likeness (QED) is 0.795. The molecule has 0 atom stereocenters. The molecule has 0 aromatic heterocycles. The van der Waals surface area contributed by atoms with Gasteiger partial charge in [0.15, 0.2) is 0 Å². The first-order valence-electron chi connectivity index (χ1n) is 5.88. The van der Waals surface area contributed by atoms with Crippen LogP contribution in [-0.2, 0) is 4.79 Å². The zero-order chi connectivity index (χ0) is 11.4. The van der Waals surface area contributed by atoms with Crippen LogP contribution in [0.4, 0.5) is 0 Å². The summed E-state index contributed by atoms with van der Waals surface area (Å²) in [5.41, 5.74) is 5.63. The molecule has 1 heterocycles. The van der Waals surface area contributed by atoms with Gasteiger partial charge in [-0.2, -0.15) is 0 Å². The summed E-state index contributed by atoms with van der Waals surface area (Å²) < 4.78 is 0. The molecule has 1 aliphatic heterocycles. The second kappa shape index (κ2) is 5.12. The van der Waals surface area contributed by atoms with Gasteiger partial charge in [0.25, 0.3) is 0 Å². The van der Waals surface area contributed by atoms with E-state index in [4.69, 9.17) is 0 Å². The Morgan fingerprint density at radius 3 is 2.19 bits per heavy atom. The van der Waals surface area contributed by atoms with Crippen molar-refractivity contribution in [2.45, 2.75) is 26.2 Å². The Bertz CT molecular complexity index is 353. The predicted octanol–water partition coefficient (Wildman–Crippen LogP) is 2.19. The Kier molecular flexibility index (Phi) is 3.57. The van der Waals surface area contributed by atoms with Crippen LogP contribution in [0.25, 0.3) is 11.1 Å². The largest absolute Gasteiger partial charge is 0.289 e. The third-order valence-electron chi connectivity index (χ3n) is 2.78. The molecule has 3 aliphatic rings. The average molecular weight is 218 g/mol. The van der Waals surface area contributed by atoms with Crippen molar-refractivity contribution >= 4 is 5.91 Å². The van der Waals surface area contributed by atoms with Gasteiger partial charge in [0.05, 0.1) is 0 Å². The number of hydrogen-bond acceptors (Lipinski definition) is 2. The number of rotatable bonds is 1. The van der Waals surface area contributed by atoms with Crippen LogP contribution in [0.2, 0.25) is 0 Å². The Balaban J connectivity index is 0.000000134. The van der Waals surface area contributed by atoms with Crippen molar-refractivity contribution in [2.24, 2.45) is 0 Å². The number of nitrogens with one attached hydrogen (secondary N) is 1. The van der Waals surface area contributed by atoms with E-state index >= 15 is 0 Å². The number of fused-ring (bicyclic) bond motifs is 1. The standard InChI is InChI=1S/C7H14N2O.C6H4/c1-7(10)8-9-5-3-2-4-6-9;1-2-5-4-6(5)3-1/h2-6H2,1H3,(H,8,10);1-4H. The lowest BCUT2D eigenvalue weighted by Crippen LogP contribution is -2.43. The zero-order valence-corrected chi connectivity index (χ0v) is 9.70. The maximum Gasteiger partial charge on any atom is 0.231 e. The molecule has 3 nitrogen and oxygen atoms in total. The SMILES string of the molecule is CC(=O)NN1CCCCC1.c1cc2cc-2c1. The Hall–Kier alpha value is -1.35. The lowest BCUT2D eigenvalue weighted by atomic mass is 10.2. The molecule has 16 heavy (non-hydrogen) atoms. The van der Waals surface area contributed by atoms with Crippen molar-refractivity contribution in [1.29, 1.82) is 0 Å². The van der Waals surface area contributed by atoms with Gasteiger partial charge in [0.1, 0.15) is 0 Å². The summed E-state index contributed by atoms with van der Waals surface area (Å²) >= 11 is 0. The minimum absolute atomic E-state index is 0.0434. The van der Waals surface area contributed by atoms with Gasteiger partial charge >= 0.3 is 0 Å². The molecule has 1 N–H and O–H groups in total. The molecule has 1 fully saturated rings. The Labute approximate surface area is 96.4 Å². The zero-order valence-electron chi connectivity index (χ0n) is 9.70. The highest BCUT2D eigenvalue weighted by Gasteiger charge is 2.09. The van der Waals surface area contributed by atoms with E-state index in [1.807, 2.05) is 5.01 Å². The summed E-state index contributed by atoms with van der Waals surface area (Å²) in [7, 11) is 0. The lowest BCUT2D eigenvalue weighted by Gasteiger charge is -2.25. The van der Waals surface area contributed by atoms with Crippen molar-refractivity contribution < 1.29 is 4.79 Å². The lowest BCUT2D eigenvalue weighted by molar-refractivity contribution is -0.124. The number of amides is 1. The van der Waals surface area contributed by atoms with Crippen molar-refractivity contribution in [3.05, 3.63) is 24.3 Å². The van der Waals surface area contributed by atoms with E-state index in [2.05, 4.69) is 29.7 Å². The first-order valence-corrected chi connectivity index (χ1v) is 5.88. The maximum absolute atomic E-state index is 10.6. The van der Waals surface area contributed by atoms with Gasteiger partial charge in [-0.25, -0.2) is 5.01 Å². The second-order valence-electron chi connectivity index (χ2n) is 4.30. The Morgan fingerprint density at radius 2 is 1.81 bits per heavy atom. The van der Waals surface area contributed by atoms with Gasteiger partial charge in [0.2, 0.25) is 5.91 Å². The van der Waals surface area contributed by atoms with E-state index in [9.17, 15) is 4.79 Å². The number of carbonyl (C=O) groups is 1. The fourth-order valence-electron chi connectivity index (χ4n) is 1.90. The van der Waals surface area contributed by atoms with E-state index in [1.165, 1.54) is 30.4 Å². The fourth-order valence-corrected chi connectivity index (χ4v) is 1.90. The van der Waals surface area contributed by atoms with Gasteiger partial charge in [-0.05, 0) is 30.0 Å². The molecule has 86 valence electrons. The number of piperidine rings is 1. The van der Waals surface area contributed by atoms with Crippen molar-refractivity contribution in [3.63, 3.8) is 0 Å². The highest BCUT2D eigenvalue weighted by Crippen LogP contribution is 2.32. The normalized spacial score (nSPS) is 17.1. The van der Waals surface area contributed by atoms with Crippen LogP contribution in [0.5, 0.6) is 0 Å². The monoisotopic (exact) mass is 218 g/mol. The van der Waals surface area contributed by atoms with Crippen LogP contribution in [-0.4, -0.2) is 24.0 Å². The fraction of sp³-hybridized carbons (Fsp3) is 0.462. The van der Waals surface area contributed by atoms with E-state index in [1.54, 1.807) is 6.92 Å². The second-order valence-corrected chi connectivity index (χ2v) is 4.30. The minimum atomic E-state index is 0.0434. The van der Waals surface area contributed by atoms with Gasteiger partial charge < -0.3 is 0 Å². The molecule has 1 saturated heterocycles. The summed E-state index contributed by atoms with van der Waals surface area (Å²) in [6.45, 7) is 3.58. The molecule has 0 radical (unpaired) electrons. The van der Waals surface area contributed by atoms with Crippen LogP contribution in [0.1, 0.15) is 26.2 Å². The maximum atomic E-state index is 10.6. The van der Waals surface area contributed by atoms with Crippen LogP contribution >= 0.6 is 0 Å². The summed E-state index contributed by atoms with van der Waals surface area (Å²) in [6, 6.07) is 8.48. The van der Waals surface area contributed by atoms with Gasteiger partial charge in [-0.1, -0.05) is 24.6 Å². The number of nitrogens with zero attached hydrogens (tertiary/aromatic N) is 1. The van der Waals surface area contributed by atoms with Crippen LogP contribution in [0.3, 0.4) is 0 Å². The molecule has 0 saturated carbocycles. The molecule has 1 amide bonds. The topological polar surface area (TPSA) is 32.3 Å². The molecule has 0 bridgehead atoms. The summed E-state index contributed by atoms with van der Waals surface area (Å²) in [5, 5.41) is 1.99. The molecular weight excluding hydrogens is 200 g/mol. The van der Waals surface area contributed by atoms with Crippen LogP contribution in [0, 0.1) is 0 Å². The van der Waals surface area contributed by atoms with Gasteiger partial charge in [0, 0.05) is 20.0 Å². The number of benzene rings is 1. The first-order chi connectivity index (χ1) is 7.75. The smallest absolute Gasteiger partial charge is 0.231 e. The molecule has 2 aliphatic carbocycles. The molecule has 0 spiro atoms. The van der Waals surface area contributed by atoms with Crippen LogP contribution < -0.4 is 5.43 Å². The number of hydrazine groups is 1. The third-order valence-corrected chi connectivity index (χ3v) is 2.78. The summed E-state index contributed by atoms with van der Waals surface area (Å²) in [6.07, 6.45) is 3.72. The van der Waals surface area contributed by atoms with Crippen LogP contribution in [0.15, 0.2) is 24.3 Å². The molecule has 3 rings (SSSR count). The molecular formula is C13H18N2O. The summed E-state index contributed by atoms with van der Waals surface area (Å²) in [4.78, 5) is 10.6. The Morgan fingerprint density at radius 1 is 1.19 bits per heavy atom. The van der Waals surface area contributed by atoms with E-state index < -0.39 is 0 Å². The van der Waals surface area contributed by atoms with E-state index in [-0.39, 0.29) is 5.91 Å². The van der Waals surface area contributed by atoms with Crippen molar-refractivity contribution in [2.75, 3.05) is 13.1 Å². The minimum Gasteiger partial charge on any atom is -0.289 e. The number of carbonyl (C=O) groups excluding carboxylic acids is 1.